The van der Waals surface area contributed by atoms with Crippen molar-refractivity contribution < 1.29 is 12.8 Å². The lowest BCUT2D eigenvalue weighted by Crippen LogP contribution is -2.36. The third-order valence-electron chi connectivity index (χ3n) is 4.48. The Morgan fingerprint density at radius 3 is 2.81 bits per heavy atom. The number of furan rings is 1. The van der Waals surface area contributed by atoms with Gasteiger partial charge in [-0.15, -0.1) is 0 Å². The van der Waals surface area contributed by atoms with Crippen LogP contribution in [0.3, 0.4) is 0 Å². The number of pyridine rings is 1. The van der Waals surface area contributed by atoms with E-state index in [1.807, 2.05) is 24.3 Å². The van der Waals surface area contributed by atoms with Gasteiger partial charge in [0.05, 0.1) is 17.5 Å². The lowest BCUT2D eigenvalue weighted by molar-refractivity contribution is 0.240. The maximum absolute atomic E-state index is 12.3. The van der Waals surface area contributed by atoms with Crippen LogP contribution in [0.5, 0.6) is 0 Å². The standard InChI is InChI=1S/C18H18N4O4S/c1-27(24,25)18-20-14-6-7-22(11-13(14)17(23)21-18)10-12-4-5-15(19-9-12)16-3-2-8-26-16/h2-5,8-9H,6-7,10-11H2,1H3,(H,20,21,23). The van der Waals surface area contributed by atoms with E-state index in [4.69, 9.17) is 4.42 Å². The first-order chi connectivity index (χ1) is 12.9. The molecule has 8 nitrogen and oxygen atoms in total. The van der Waals surface area contributed by atoms with Crippen molar-refractivity contribution >= 4 is 9.84 Å². The fourth-order valence-electron chi connectivity index (χ4n) is 3.12. The Balaban J connectivity index is 1.51. The number of hydrogen-bond donors (Lipinski definition) is 1. The molecular formula is C18H18N4O4S. The van der Waals surface area contributed by atoms with E-state index < -0.39 is 15.4 Å². The van der Waals surface area contributed by atoms with Crippen LogP contribution in [-0.4, -0.2) is 41.1 Å². The number of hydrogen-bond acceptors (Lipinski definition) is 7. The molecule has 0 fully saturated rings. The molecule has 1 aliphatic rings. The molecule has 1 aliphatic heterocycles. The minimum absolute atomic E-state index is 0.266. The van der Waals surface area contributed by atoms with Crippen molar-refractivity contribution in [1.82, 2.24) is 19.9 Å². The third-order valence-corrected chi connectivity index (χ3v) is 5.38. The van der Waals surface area contributed by atoms with Gasteiger partial charge in [-0.2, -0.15) is 0 Å². The molecule has 1 N–H and O–H groups in total. The summed E-state index contributed by atoms with van der Waals surface area (Å²) < 4.78 is 28.6. The van der Waals surface area contributed by atoms with Crippen molar-refractivity contribution in [3.05, 3.63) is 63.9 Å². The molecule has 3 aromatic rings. The molecule has 0 saturated heterocycles. The first-order valence-corrected chi connectivity index (χ1v) is 10.3. The largest absolute Gasteiger partial charge is 0.463 e. The predicted octanol–water partition coefficient (Wildman–Crippen LogP) is 1.39. The molecule has 0 amide bonds. The van der Waals surface area contributed by atoms with Gasteiger partial charge in [0.25, 0.3) is 5.56 Å². The minimum atomic E-state index is -3.54. The Labute approximate surface area is 155 Å². The zero-order valence-electron chi connectivity index (χ0n) is 14.7. The predicted molar refractivity (Wildman–Crippen MR) is 97.7 cm³/mol. The zero-order valence-corrected chi connectivity index (χ0v) is 15.5. The first kappa shape index (κ1) is 17.6. The molecule has 0 aromatic carbocycles. The summed E-state index contributed by atoms with van der Waals surface area (Å²) in [5, 5.41) is -0.266. The summed E-state index contributed by atoms with van der Waals surface area (Å²) in [6, 6.07) is 7.55. The molecule has 27 heavy (non-hydrogen) atoms. The SMILES string of the molecule is CS(=O)(=O)c1nc2c(c(=O)[nH]1)CN(Cc1ccc(-c3ccco3)nc1)CC2. The maximum atomic E-state index is 12.3. The highest BCUT2D eigenvalue weighted by Gasteiger charge is 2.23. The highest BCUT2D eigenvalue weighted by atomic mass is 32.2. The first-order valence-electron chi connectivity index (χ1n) is 8.43. The number of H-pyrrole nitrogens is 1. The Morgan fingerprint density at radius 2 is 2.15 bits per heavy atom. The summed E-state index contributed by atoms with van der Waals surface area (Å²) in [6.45, 7) is 1.74. The van der Waals surface area contributed by atoms with E-state index in [1.165, 1.54) is 0 Å². The van der Waals surface area contributed by atoms with Crippen LogP contribution in [0.2, 0.25) is 0 Å². The average molecular weight is 386 g/mol. The van der Waals surface area contributed by atoms with Crippen molar-refractivity contribution in [3.8, 4) is 11.5 Å². The third kappa shape index (κ3) is 3.69. The molecule has 4 heterocycles. The van der Waals surface area contributed by atoms with E-state index in [0.717, 1.165) is 17.5 Å². The average Bonchev–Trinajstić information content (AvgIpc) is 3.16. The molecule has 0 atom stereocenters. The second-order valence-electron chi connectivity index (χ2n) is 6.56. The lowest BCUT2D eigenvalue weighted by atomic mass is 10.1. The van der Waals surface area contributed by atoms with Crippen molar-refractivity contribution in [2.75, 3.05) is 12.8 Å². The number of fused-ring (bicyclic) bond motifs is 1. The van der Waals surface area contributed by atoms with Gasteiger partial charge in [-0.1, -0.05) is 6.07 Å². The quantitative estimate of drug-likeness (QED) is 0.675. The Bertz CT molecular complexity index is 1120. The van der Waals surface area contributed by atoms with E-state index in [0.29, 0.717) is 43.1 Å². The van der Waals surface area contributed by atoms with Gasteiger partial charge in [0.15, 0.2) is 5.76 Å². The van der Waals surface area contributed by atoms with Gasteiger partial charge in [-0.3, -0.25) is 19.7 Å². The summed E-state index contributed by atoms with van der Waals surface area (Å²) in [6.07, 6.45) is 4.96. The summed E-state index contributed by atoms with van der Waals surface area (Å²) in [4.78, 5) is 25.3. The van der Waals surface area contributed by atoms with Crippen molar-refractivity contribution in [2.24, 2.45) is 0 Å². The van der Waals surface area contributed by atoms with Crippen molar-refractivity contribution in [1.29, 1.82) is 0 Å². The molecule has 3 aromatic heterocycles. The van der Waals surface area contributed by atoms with Gasteiger partial charge in [-0.25, -0.2) is 13.4 Å². The zero-order chi connectivity index (χ0) is 19.0. The summed E-state index contributed by atoms with van der Waals surface area (Å²) in [5.41, 5.74) is 2.47. The minimum Gasteiger partial charge on any atom is -0.463 e. The fraction of sp³-hybridized carbons (Fsp3) is 0.278. The number of sulfone groups is 1. The van der Waals surface area contributed by atoms with Gasteiger partial charge < -0.3 is 4.42 Å². The van der Waals surface area contributed by atoms with Crippen LogP contribution < -0.4 is 5.56 Å². The molecule has 0 radical (unpaired) electrons. The number of nitrogens with zero attached hydrogens (tertiary/aromatic N) is 3. The Kier molecular flexibility index (Phi) is 4.40. The van der Waals surface area contributed by atoms with Gasteiger partial charge in [0, 0.05) is 38.5 Å². The highest BCUT2D eigenvalue weighted by Crippen LogP contribution is 2.20. The molecule has 0 bridgehead atoms. The van der Waals surface area contributed by atoms with Gasteiger partial charge in [-0.05, 0) is 23.8 Å². The van der Waals surface area contributed by atoms with Crippen LogP contribution in [0.4, 0.5) is 0 Å². The molecule has 0 saturated carbocycles. The number of aromatic amines is 1. The molecule has 140 valence electrons. The maximum Gasteiger partial charge on any atom is 0.256 e. The van der Waals surface area contributed by atoms with Gasteiger partial charge in [0.1, 0.15) is 5.69 Å². The fourth-order valence-corrected chi connectivity index (χ4v) is 3.67. The molecule has 4 rings (SSSR count). The molecule has 0 spiro atoms. The highest BCUT2D eigenvalue weighted by molar-refractivity contribution is 7.90. The van der Waals surface area contributed by atoms with Crippen molar-refractivity contribution in [2.45, 2.75) is 24.7 Å². The Morgan fingerprint density at radius 1 is 1.30 bits per heavy atom. The van der Waals surface area contributed by atoms with Gasteiger partial charge >= 0.3 is 0 Å². The van der Waals surface area contributed by atoms with Crippen LogP contribution >= 0.6 is 0 Å². The van der Waals surface area contributed by atoms with E-state index in [9.17, 15) is 13.2 Å². The second kappa shape index (κ2) is 6.75. The summed E-state index contributed by atoms with van der Waals surface area (Å²) in [7, 11) is -3.54. The van der Waals surface area contributed by atoms with Gasteiger partial charge in [0.2, 0.25) is 15.0 Å². The van der Waals surface area contributed by atoms with E-state index in [-0.39, 0.29) is 5.16 Å². The number of rotatable bonds is 4. The van der Waals surface area contributed by atoms with E-state index >= 15 is 0 Å². The lowest BCUT2D eigenvalue weighted by Gasteiger charge is -2.27. The van der Waals surface area contributed by atoms with E-state index in [2.05, 4.69) is 19.9 Å². The number of aromatic nitrogens is 3. The van der Waals surface area contributed by atoms with Crippen LogP contribution in [-0.2, 0) is 29.3 Å². The van der Waals surface area contributed by atoms with Crippen LogP contribution in [0, 0.1) is 0 Å². The molecule has 0 unspecified atom stereocenters. The number of nitrogens with one attached hydrogen (secondary N) is 1. The summed E-state index contributed by atoms with van der Waals surface area (Å²) >= 11 is 0. The van der Waals surface area contributed by atoms with E-state index in [1.54, 1.807) is 12.5 Å². The molecule has 0 aliphatic carbocycles. The summed E-state index contributed by atoms with van der Waals surface area (Å²) in [5.74, 6) is 0.715. The smallest absolute Gasteiger partial charge is 0.256 e. The Hall–Kier alpha value is -2.78. The van der Waals surface area contributed by atoms with Crippen LogP contribution in [0.25, 0.3) is 11.5 Å². The second-order valence-corrected chi connectivity index (χ2v) is 8.49. The molecule has 9 heteroatoms. The topological polar surface area (TPSA) is 109 Å². The monoisotopic (exact) mass is 386 g/mol. The normalized spacial score (nSPS) is 14.9. The van der Waals surface area contributed by atoms with Crippen LogP contribution in [0.1, 0.15) is 16.8 Å². The van der Waals surface area contributed by atoms with Crippen LogP contribution in [0.15, 0.2) is 51.1 Å². The molecular weight excluding hydrogens is 368 g/mol. The van der Waals surface area contributed by atoms with Crippen molar-refractivity contribution in [3.63, 3.8) is 0 Å².